The molecule has 2 aromatic heterocycles. The maximum absolute atomic E-state index is 5.79. The number of nitrogens with zero attached hydrogens (tertiary/aromatic N) is 3. The van der Waals surface area contributed by atoms with Crippen molar-refractivity contribution < 1.29 is 0 Å². The van der Waals surface area contributed by atoms with E-state index in [1.165, 1.54) is 17.7 Å². The smallest absolute Gasteiger partial charge is 0.226 e. The average Bonchev–Trinajstić information content (AvgIpc) is 3.02. The Kier molecular flexibility index (Phi) is 5.56. The SMILES string of the molecule is CC1CCN(c2nc(CN)cc(-c3cccs3)n2)CC1.Cl. The molecule has 2 N–H and O–H groups in total. The van der Waals surface area contributed by atoms with Crippen LogP contribution in [0.15, 0.2) is 23.6 Å². The van der Waals surface area contributed by atoms with Crippen molar-refractivity contribution >= 4 is 29.7 Å². The Hall–Kier alpha value is -1.17. The predicted molar refractivity (Wildman–Crippen MR) is 91.1 cm³/mol. The molecule has 0 bridgehead atoms. The summed E-state index contributed by atoms with van der Waals surface area (Å²) in [6, 6.07) is 6.14. The van der Waals surface area contributed by atoms with Gasteiger partial charge in [-0.1, -0.05) is 13.0 Å². The molecular formula is C15H21ClN4S. The lowest BCUT2D eigenvalue weighted by molar-refractivity contribution is 0.434. The van der Waals surface area contributed by atoms with Crippen molar-refractivity contribution in [3.63, 3.8) is 0 Å². The van der Waals surface area contributed by atoms with Crippen LogP contribution in [0.5, 0.6) is 0 Å². The number of thiophene rings is 1. The standard InChI is InChI=1S/C15H20N4S.ClH/c1-11-4-6-19(7-5-11)15-17-12(10-16)9-13(18-15)14-3-2-8-20-14;/h2-3,8-9,11H,4-7,10,16H2,1H3;1H. The summed E-state index contributed by atoms with van der Waals surface area (Å²) in [5.41, 5.74) is 7.69. The lowest BCUT2D eigenvalue weighted by Gasteiger charge is -2.30. The van der Waals surface area contributed by atoms with Crippen molar-refractivity contribution in [1.82, 2.24) is 9.97 Å². The first-order chi connectivity index (χ1) is 9.76. The van der Waals surface area contributed by atoms with E-state index in [0.29, 0.717) is 6.54 Å². The number of piperidine rings is 1. The summed E-state index contributed by atoms with van der Waals surface area (Å²) in [5, 5.41) is 2.07. The molecule has 0 radical (unpaired) electrons. The Balaban J connectivity index is 0.00000161. The monoisotopic (exact) mass is 324 g/mol. The van der Waals surface area contributed by atoms with E-state index < -0.39 is 0 Å². The van der Waals surface area contributed by atoms with Crippen LogP contribution in [0.4, 0.5) is 5.95 Å². The van der Waals surface area contributed by atoms with Gasteiger partial charge in [0.05, 0.1) is 16.3 Å². The molecule has 6 heteroatoms. The number of hydrogen-bond acceptors (Lipinski definition) is 5. The van der Waals surface area contributed by atoms with Gasteiger partial charge in [0, 0.05) is 19.6 Å². The van der Waals surface area contributed by atoms with Crippen LogP contribution in [0.25, 0.3) is 10.6 Å². The second-order valence-electron chi connectivity index (χ2n) is 5.40. The van der Waals surface area contributed by atoms with Crippen molar-refractivity contribution in [3.05, 3.63) is 29.3 Å². The number of anilines is 1. The summed E-state index contributed by atoms with van der Waals surface area (Å²) in [7, 11) is 0. The molecule has 0 aliphatic carbocycles. The Morgan fingerprint density at radius 3 is 2.71 bits per heavy atom. The van der Waals surface area contributed by atoms with Crippen LogP contribution >= 0.6 is 23.7 Å². The quantitative estimate of drug-likeness (QED) is 0.941. The molecular weight excluding hydrogens is 304 g/mol. The fraction of sp³-hybridized carbons (Fsp3) is 0.467. The van der Waals surface area contributed by atoms with Crippen molar-refractivity contribution in [2.24, 2.45) is 11.7 Å². The summed E-state index contributed by atoms with van der Waals surface area (Å²) < 4.78 is 0. The molecule has 4 nitrogen and oxygen atoms in total. The summed E-state index contributed by atoms with van der Waals surface area (Å²) >= 11 is 1.70. The van der Waals surface area contributed by atoms with Gasteiger partial charge in [-0.3, -0.25) is 0 Å². The van der Waals surface area contributed by atoms with Gasteiger partial charge in [0.2, 0.25) is 5.95 Å². The molecule has 114 valence electrons. The zero-order valence-corrected chi connectivity index (χ0v) is 13.8. The van der Waals surface area contributed by atoms with Crippen molar-refractivity contribution in [2.75, 3.05) is 18.0 Å². The van der Waals surface area contributed by atoms with Crippen LogP contribution in [0.3, 0.4) is 0 Å². The molecule has 0 spiro atoms. The third-order valence-corrected chi connectivity index (χ3v) is 4.71. The molecule has 1 saturated heterocycles. The van der Waals surface area contributed by atoms with Gasteiger partial charge in [0.25, 0.3) is 0 Å². The molecule has 3 heterocycles. The molecule has 1 aliphatic heterocycles. The Bertz CT molecular complexity index is 565. The normalized spacial score (nSPS) is 15.8. The number of nitrogens with two attached hydrogens (primary N) is 1. The highest BCUT2D eigenvalue weighted by atomic mass is 35.5. The molecule has 0 amide bonds. The van der Waals surface area contributed by atoms with Gasteiger partial charge in [0.1, 0.15) is 0 Å². The van der Waals surface area contributed by atoms with E-state index in [1.807, 2.05) is 12.1 Å². The fourth-order valence-electron chi connectivity index (χ4n) is 2.49. The van der Waals surface area contributed by atoms with E-state index in [0.717, 1.165) is 36.3 Å². The van der Waals surface area contributed by atoms with Gasteiger partial charge in [-0.05, 0) is 36.3 Å². The van der Waals surface area contributed by atoms with E-state index in [1.54, 1.807) is 11.3 Å². The van der Waals surface area contributed by atoms with Crippen LogP contribution < -0.4 is 10.6 Å². The second kappa shape index (κ2) is 7.20. The van der Waals surface area contributed by atoms with E-state index in [-0.39, 0.29) is 12.4 Å². The van der Waals surface area contributed by atoms with Crippen LogP contribution in [-0.4, -0.2) is 23.1 Å². The molecule has 3 rings (SSSR count). The highest BCUT2D eigenvalue weighted by Crippen LogP contribution is 2.26. The number of halogens is 1. The summed E-state index contributed by atoms with van der Waals surface area (Å²) in [5.74, 6) is 1.64. The molecule has 0 atom stereocenters. The van der Waals surface area contributed by atoms with Gasteiger partial charge in [-0.15, -0.1) is 23.7 Å². The second-order valence-corrected chi connectivity index (χ2v) is 6.34. The molecule has 0 unspecified atom stereocenters. The van der Waals surface area contributed by atoms with Gasteiger partial charge in [-0.2, -0.15) is 0 Å². The van der Waals surface area contributed by atoms with Crippen molar-refractivity contribution in [2.45, 2.75) is 26.3 Å². The highest BCUT2D eigenvalue weighted by molar-refractivity contribution is 7.13. The van der Waals surface area contributed by atoms with Gasteiger partial charge < -0.3 is 10.6 Å². The van der Waals surface area contributed by atoms with Crippen molar-refractivity contribution in [1.29, 1.82) is 0 Å². The maximum atomic E-state index is 5.79. The Morgan fingerprint density at radius 1 is 1.33 bits per heavy atom. The van der Waals surface area contributed by atoms with Crippen LogP contribution in [0.2, 0.25) is 0 Å². The topological polar surface area (TPSA) is 55.0 Å². The average molecular weight is 325 g/mol. The third kappa shape index (κ3) is 3.73. The Labute approximate surface area is 135 Å². The molecule has 21 heavy (non-hydrogen) atoms. The zero-order chi connectivity index (χ0) is 13.9. The van der Waals surface area contributed by atoms with Crippen LogP contribution in [-0.2, 0) is 6.54 Å². The molecule has 1 aliphatic rings. The Morgan fingerprint density at radius 2 is 2.10 bits per heavy atom. The van der Waals surface area contributed by atoms with Crippen LogP contribution in [0.1, 0.15) is 25.5 Å². The number of hydrogen-bond donors (Lipinski definition) is 1. The summed E-state index contributed by atoms with van der Waals surface area (Å²) in [6.45, 7) is 4.85. The number of aromatic nitrogens is 2. The van der Waals surface area contributed by atoms with E-state index in [4.69, 9.17) is 10.7 Å². The largest absolute Gasteiger partial charge is 0.341 e. The molecule has 2 aromatic rings. The molecule has 0 saturated carbocycles. The van der Waals surface area contributed by atoms with E-state index in [9.17, 15) is 0 Å². The lowest BCUT2D eigenvalue weighted by Crippen LogP contribution is -2.34. The van der Waals surface area contributed by atoms with Gasteiger partial charge in [0.15, 0.2) is 0 Å². The number of rotatable bonds is 3. The first kappa shape index (κ1) is 16.2. The van der Waals surface area contributed by atoms with Gasteiger partial charge in [-0.25, -0.2) is 9.97 Å². The summed E-state index contributed by atoms with van der Waals surface area (Å²) in [4.78, 5) is 12.8. The van der Waals surface area contributed by atoms with E-state index in [2.05, 4.69) is 28.3 Å². The molecule has 0 aromatic carbocycles. The van der Waals surface area contributed by atoms with E-state index >= 15 is 0 Å². The minimum Gasteiger partial charge on any atom is -0.341 e. The minimum absolute atomic E-state index is 0. The first-order valence-electron chi connectivity index (χ1n) is 7.13. The lowest BCUT2D eigenvalue weighted by atomic mass is 10.00. The maximum Gasteiger partial charge on any atom is 0.226 e. The predicted octanol–water partition coefficient (Wildman–Crippen LogP) is 3.32. The van der Waals surface area contributed by atoms with Crippen LogP contribution in [0, 0.1) is 5.92 Å². The fourth-order valence-corrected chi connectivity index (χ4v) is 3.17. The van der Waals surface area contributed by atoms with Crippen molar-refractivity contribution in [3.8, 4) is 10.6 Å². The highest BCUT2D eigenvalue weighted by Gasteiger charge is 2.19. The summed E-state index contributed by atoms with van der Waals surface area (Å²) in [6.07, 6.45) is 2.43. The molecule has 1 fully saturated rings. The van der Waals surface area contributed by atoms with Gasteiger partial charge >= 0.3 is 0 Å². The third-order valence-electron chi connectivity index (χ3n) is 3.82. The zero-order valence-electron chi connectivity index (χ0n) is 12.2. The minimum atomic E-state index is 0. The first-order valence-corrected chi connectivity index (χ1v) is 8.01.